The van der Waals surface area contributed by atoms with Crippen LogP contribution < -0.4 is 10.6 Å². The summed E-state index contributed by atoms with van der Waals surface area (Å²) in [6.07, 6.45) is 2.20. The molecule has 5 nitrogen and oxygen atoms in total. The van der Waals surface area contributed by atoms with Crippen LogP contribution in [0.15, 0.2) is 52.9 Å². The summed E-state index contributed by atoms with van der Waals surface area (Å²) in [5.41, 5.74) is 4.03. The van der Waals surface area contributed by atoms with Crippen molar-refractivity contribution < 1.29 is 4.42 Å². The molecule has 0 saturated heterocycles. The van der Waals surface area contributed by atoms with Crippen LogP contribution in [0.2, 0.25) is 0 Å². The summed E-state index contributed by atoms with van der Waals surface area (Å²) in [4.78, 5) is 0. The number of anilines is 2. The highest BCUT2D eigenvalue weighted by Gasteiger charge is 2.10. The Morgan fingerprint density at radius 3 is 1.44 bits per heavy atom. The second kappa shape index (κ2) is 8.33. The molecule has 25 heavy (non-hydrogen) atoms. The molecule has 0 aliphatic heterocycles. The smallest absolute Gasteiger partial charge is 0.248 e. The van der Waals surface area contributed by atoms with Crippen LogP contribution in [0.1, 0.15) is 26.7 Å². The van der Waals surface area contributed by atoms with Crippen LogP contribution in [-0.4, -0.2) is 23.3 Å². The highest BCUT2D eigenvalue weighted by Crippen LogP contribution is 2.25. The average molecular weight is 336 g/mol. The predicted octanol–water partition coefficient (Wildman–Crippen LogP) is 5.05. The van der Waals surface area contributed by atoms with Gasteiger partial charge in [-0.1, -0.05) is 13.8 Å². The molecule has 2 N–H and O–H groups in total. The summed E-state index contributed by atoms with van der Waals surface area (Å²) in [6.45, 7) is 6.22. The van der Waals surface area contributed by atoms with Gasteiger partial charge in [-0.25, -0.2) is 0 Å². The Kier molecular flexibility index (Phi) is 5.67. The lowest BCUT2D eigenvalue weighted by Crippen LogP contribution is -1.98. The average Bonchev–Trinajstić information content (AvgIpc) is 3.15. The lowest BCUT2D eigenvalue weighted by atomic mass is 10.2. The van der Waals surface area contributed by atoms with Crippen molar-refractivity contribution >= 4 is 11.4 Å². The first-order valence-corrected chi connectivity index (χ1v) is 8.82. The molecule has 1 heterocycles. The van der Waals surface area contributed by atoms with Crippen molar-refractivity contribution in [1.82, 2.24) is 10.2 Å². The van der Waals surface area contributed by atoms with Gasteiger partial charge in [0, 0.05) is 35.6 Å². The lowest BCUT2D eigenvalue weighted by molar-refractivity contribution is 0.584. The Morgan fingerprint density at radius 1 is 0.680 bits per heavy atom. The molecule has 0 fully saturated rings. The van der Waals surface area contributed by atoms with Crippen LogP contribution in [0.3, 0.4) is 0 Å². The fourth-order valence-electron chi connectivity index (χ4n) is 2.46. The van der Waals surface area contributed by atoms with Crippen molar-refractivity contribution in [3.05, 3.63) is 48.5 Å². The summed E-state index contributed by atoms with van der Waals surface area (Å²) in [5.74, 6) is 1.07. The van der Waals surface area contributed by atoms with Gasteiger partial charge >= 0.3 is 0 Å². The van der Waals surface area contributed by atoms with Crippen LogP contribution in [0.5, 0.6) is 0 Å². The van der Waals surface area contributed by atoms with Gasteiger partial charge in [-0.15, -0.1) is 10.2 Å². The van der Waals surface area contributed by atoms with Crippen LogP contribution in [-0.2, 0) is 0 Å². The molecule has 5 heteroatoms. The minimum atomic E-state index is 0.533. The summed E-state index contributed by atoms with van der Waals surface area (Å²) in [6, 6.07) is 16.1. The van der Waals surface area contributed by atoms with Crippen LogP contribution in [0.4, 0.5) is 11.4 Å². The molecule has 0 unspecified atom stereocenters. The highest BCUT2D eigenvalue weighted by molar-refractivity contribution is 5.62. The molecule has 0 radical (unpaired) electrons. The Balaban J connectivity index is 1.71. The fraction of sp³-hybridized carbons (Fsp3) is 0.300. The third kappa shape index (κ3) is 4.38. The van der Waals surface area contributed by atoms with E-state index in [4.69, 9.17) is 4.42 Å². The van der Waals surface area contributed by atoms with E-state index in [-0.39, 0.29) is 0 Å². The van der Waals surface area contributed by atoms with E-state index in [1.807, 2.05) is 48.5 Å². The number of nitrogens with one attached hydrogen (secondary N) is 2. The predicted molar refractivity (Wildman–Crippen MR) is 103 cm³/mol. The third-order valence-electron chi connectivity index (χ3n) is 3.85. The quantitative estimate of drug-likeness (QED) is 0.603. The van der Waals surface area contributed by atoms with Gasteiger partial charge in [0.15, 0.2) is 0 Å². The fourth-order valence-corrected chi connectivity index (χ4v) is 2.46. The molecule has 1 aromatic heterocycles. The molecule has 0 bridgehead atoms. The first kappa shape index (κ1) is 17.0. The SMILES string of the molecule is CCCNc1ccc(-c2nnc(-c3ccc(NCCC)cc3)o2)cc1. The Morgan fingerprint density at radius 2 is 1.08 bits per heavy atom. The van der Waals surface area contributed by atoms with Crippen molar-refractivity contribution in [3.63, 3.8) is 0 Å². The van der Waals surface area contributed by atoms with Gasteiger partial charge in [0.05, 0.1) is 0 Å². The maximum absolute atomic E-state index is 5.83. The van der Waals surface area contributed by atoms with E-state index in [2.05, 4.69) is 34.7 Å². The summed E-state index contributed by atoms with van der Waals surface area (Å²) < 4.78 is 5.83. The molecular formula is C20H24N4O. The van der Waals surface area contributed by atoms with Gasteiger partial charge in [0.1, 0.15) is 0 Å². The van der Waals surface area contributed by atoms with Crippen molar-refractivity contribution in [1.29, 1.82) is 0 Å². The summed E-state index contributed by atoms with van der Waals surface area (Å²) in [5, 5.41) is 15.1. The number of hydrogen-bond acceptors (Lipinski definition) is 5. The standard InChI is InChI=1S/C20H24N4O/c1-3-13-21-17-9-5-15(6-10-17)19-23-24-20(25-19)16-7-11-18(12-8-16)22-14-4-2/h5-12,21-22H,3-4,13-14H2,1-2H3. The second-order valence-electron chi connectivity index (χ2n) is 5.92. The second-order valence-corrected chi connectivity index (χ2v) is 5.92. The van der Waals surface area contributed by atoms with Crippen molar-refractivity contribution in [3.8, 4) is 22.9 Å². The third-order valence-corrected chi connectivity index (χ3v) is 3.85. The number of benzene rings is 2. The van der Waals surface area contributed by atoms with E-state index in [1.165, 1.54) is 0 Å². The van der Waals surface area contributed by atoms with E-state index in [0.29, 0.717) is 11.8 Å². The number of nitrogens with zero attached hydrogens (tertiary/aromatic N) is 2. The zero-order chi connectivity index (χ0) is 17.5. The van der Waals surface area contributed by atoms with Gasteiger partial charge in [-0.2, -0.15) is 0 Å². The number of rotatable bonds is 8. The molecule has 0 saturated carbocycles. The molecule has 130 valence electrons. The van der Waals surface area contributed by atoms with E-state index >= 15 is 0 Å². The van der Waals surface area contributed by atoms with Crippen LogP contribution in [0.25, 0.3) is 22.9 Å². The lowest BCUT2D eigenvalue weighted by Gasteiger charge is -2.04. The van der Waals surface area contributed by atoms with Crippen molar-refractivity contribution in [2.45, 2.75) is 26.7 Å². The Hall–Kier alpha value is -2.82. The number of aromatic nitrogens is 2. The van der Waals surface area contributed by atoms with Crippen LogP contribution in [0, 0.1) is 0 Å². The molecule has 3 rings (SSSR count). The van der Waals surface area contributed by atoms with Gasteiger partial charge in [0.2, 0.25) is 11.8 Å². The zero-order valence-corrected chi connectivity index (χ0v) is 14.7. The topological polar surface area (TPSA) is 63.0 Å². The Labute approximate surface area is 148 Å². The summed E-state index contributed by atoms with van der Waals surface area (Å²) >= 11 is 0. The molecule has 0 aliphatic carbocycles. The molecule has 3 aromatic rings. The van der Waals surface area contributed by atoms with E-state index < -0.39 is 0 Å². The van der Waals surface area contributed by atoms with Crippen molar-refractivity contribution in [2.75, 3.05) is 23.7 Å². The Bertz CT molecular complexity index is 712. The summed E-state index contributed by atoms with van der Waals surface area (Å²) in [7, 11) is 0. The first-order valence-electron chi connectivity index (χ1n) is 8.82. The number of hydrogen-bond donors (Lipinski definition) is 2. The largest absolute Gasteiger partial charge is 0.416 e. The molecule has 0 amide bonds. The minimum Gasteiger partial charge on any atom is -0.416 e. The van der Waals surface area contributed by atoms with Gasteiger partial charge in [0.25, 0.3) is 0 Å². The highest BCUT2D eigenvalue weighted by atomic mass is 16.4. The maximum atomic E-state index is 5.83. The maximum Gasteiger partial charge on any atom is 0.248 e. The molecular weight excluding hydrogens is 312 g/mol. The minimum absolute atomic E-state index is 0.533. The van der Waals surface area contributed by atoms with E-state index in [9.17, 15) is 0 Å². The molecule has 0 spiro atoms. The van der Waals surface area contributed by atoms with Crippen molar-refractivity contribution in [2.24, 2.45) is 0 Å². The van der Waals surface area contributed by atoms with E-state index in [1.54, 1.807) is 0 Å². The van der Waals surface area contributed by atoms with Gasteiger partial charge in [-0.05, 0) is 61.4 Å². The van der Waals surface area contributed by atoms with Gasteiger partial charge in [-0.3, -0.25) is 0 Å². The van der Waals surface area contributed by atoms with E-state index in [0.717, 1.165) is 48.4 Å². The molecule has 2 aromatic carbocycles. The molecule has 0 aliphatic rings. The zero-order valence-electron chi connectivity index (χ0n) is 14.7. The molecule has 0 atom stereocenters. The first-order chi connectivity index (χ1) is 12.3. The van der Waals surface area contributed by atoms with Crippen LogP contribution >= 0.6 is 0 Å². The normalized spacial score (nSPS) is 10.6. The van der Waals surface area contributed by atoms with Gasteiger partial charge < -0.3 is 15.1 Å². The monoisotopic (exact) mass is 336 g/mol.